The molecule has 5 rings (SSSR count). The third kappa shape index (κ3) is 3.42. The molecule has 6 nitrogen and oxygen atoms in total. The molecule has 0 aliphatic carbocycles. The first kappa shape index (κ1) is 17.7. The lowest BCUT2D eigenvalue weighted by atomic mass is 10.1. The van der Waals surface area contributed by atoms with Gasteiger partial charge in [-0.1, -0.05) is 35.0 Å². The fourth-order valence-corrected chi connectivity index (χ4v) is 3.92. The van der Waals surface area contributed by atoms with Gasteiger partial charge in [0.05, 0.1) is 11.1 Å². The number of nitrogens with zero attached hydrogens (tertiary/aromatic N) is 5. The predicted octanol–water partition coefficient (Wildman–Crippen LogP) is 4.23. The van der Waals surface area contributed by atoms with Crippen LogP contribution in [0, 0.1) is 13.8 Å². The average molecular weight is 385 g/mol. The van der Waals surface area contributed by atoms with Crippen LogP contribution < -0.4 is 9.80 Å². The van der Waals surface area contributed by atoms with E-state index in [0.29, 0.717) is 11.7 Å². The molecule has 146 valence electrons. The molecule has 0 spiro atoms. The first-order valence-electron chi connectivity index (χ1n) is 9.94. The Labute approximate surface area is 169 Å². The van der Waals surface area contributed by atoms with Gasteiger partial charge in [0, 0.05) is 44.2 Å². The summed E-state index contributed by atoms with van der Waals surface area (Å²) in [7, 11) is 0. The Hall–Kier alpha value is -3.41. The molecule has 6 heteroatoms. The maximum absolute atomic E-state index is 5.26. The number of aryl methyl sites for hydroxylation is 2. The zero-order valence-electron chi connectivity index (χ0n) is 16.7. The van der Waals surface area contributed by atoms with Crippen LogP contribution in [0.15, 0.2) is 59.1 Å². The molecule has 4 aromatic rings. The number of benzene rings is 2. The molecule has 0 saturated carbocycles. The highest BCUT2D eigenvalue weighted by Gasteiger charge is 2.23. The van der Waals surface area contributed by atoms with E-state index >= 15 is 0 Å². The van der Waals surface area contributed by atoms with Gasteiger partial charge >= 0.3 is 0 Å². The number of anilines is 2. The van der Waals surface area contributed by atoms with Gasteiger partial charge in [-0.05, 0) is 37.3 Å². The van der Waals surface area contributed by atoms with E-state index in [4.69, 9.17) is 9.51 Å². The van der Waals surface area contributed by atoms with Gasteiger partial charge < -0.3 is 14.3 Å². The number of para-hydroxylation sites is 1. The highest BCUT2D eigenvalue weighted by molar-refractivity contribution is 5.88. The van der Waals surface area contributed by atoms with Crippen LogP contribution in [-0.2, 0) is 0 Å². The van der Waals surface area contributed by atoms with Crippen molar-refractivity contribution in [2.75, 3.05) is 36.0 Å². The molecule has 0 unspecified atom stereocenters. The minimum Gasteiger partial charge on any atom is -0.368 e. The third-order valence-electron chi connectivity index (χ3n) is 5.42. The van der Waals surface area contributed by atoms with Crippen LogP contribution in [-0.4, -0.2) is 41.3 Å². The Balaban J connectivity index is 1.51. The summed E-state index contributed by atoms with van der Waals surface area (Å²) in [6, 6.07) is 19.0. The van der Waals surface area contributed by atoms with Gasteiger partial charge in [0.1, 0.15) is 5.82 Å². The van der Waals surface area contributed by atoms with Gasteiger partial charge in [0.15, 0.2) is 0 Å². The van der Waals surface area contributed by atoms with E-state index in [1.54, 1.807) is 0 Å². The molecule has 0 atom stereocenters. The second kappa shape index (κ2) is 7.20. The summed E-state index contributed by atoms with van der Waals surface area (Å²) in [6.45, 7) is 7.58. The Morgan fingerprint density at radius 3 is 2.31 bits per heavy atom. The molecule has 2 aromatic carbocycles. The fraction of sp³-hybridized carbons (Fsp3) is 0.261. The van der Waals surface area contributed by atoms with Crippen LogP contribution in [0.3, 0.4) is 0 Å². The highest BCUT2D eigenvalue weighted by Crippen LogP contribution is 2.32. The normalized spacial score (nSPS) is 14.6. The summed E-state index contributed by atoms with van der Waals surface area (Å²) in [5.74, 6) is 2.08. The molecule has 1 aliphatic heterocycles. The van der Waals surface area contributed by atoms with Crippen molar-refractivity contribution in [3.63, 3.8) is 0 Å². The Bertz CT molecular complexity index is 1150. The Morgan fingerprint density at radius 1 is 0.828 bits per heavy atom. The zero-order chi connectivity index (χ0) is 19.8. The van der Waals surface area contributed by atoms with Crippen LogP contribution in [0.4, 0.5) is 11.5 Å². The van der Waals surface area contributed by atoms with Crippen molar-refractivity contribution in [2.24, 2.45) is 0 Å². The summed E-state index contributed by atoms with van der Waals surface area (Å²) in [5.41, 5.74) is 4.38. The van der Waals surface area contributed by atoms with Gasteiger partial charge in [0.25, 0.3) is 0 Å². The van der Waals surface area contributed by atoms with Gasteiger partial charge in [-0.15, -0.1) is 0 Å². The van der Waals surface area contributed by atoms with Crippen molar-refractivity contribution in [3.8, 4) is 11.4 Å². The third-order valence-corrected chi connectivity index (χ3v) is 5.42. The number of hydrogen-bond acceptors (Lipinski definition) is 6. The molecule has 1 fully saturated rings. The van der Waals surface area contributed by atoms with E-state index in [9.17, 15) is 0 Å². The van der Waals surface area contributed by atoms with E-state index in [1.807, 2.05) is 6.92 Å². The van der Waals surface area contributed by atoms with E-state index in [0.717, 1.165) is 48.5 Å². The number of fused-ring (bicyclic) bond motifs is 1. The average Bonchev–Trinajstić information content (AvgIpc) is 3.20. The van der Waals surface area contributed by atoms with E-state index < -0.39 is 0 Å². The molecule has 29 heavy (non-hydrogen) atoms. The molecule has 0 bridgehead atoms. The van der Waals surface area contributed by atoms with Crippen molar-refractivity contribution in [2.45, 2.75) is 13.8 Å². The van der Waals surface area contributed by atoms with Crippen LogP contribution in [0.1, 0.15) is 11.5 Å². The number of pyridine rings is 1. The van der Waals surface area contributed by atoms with Crippen LogP contribution in [0.2, 0.25) is 0 Å². The van der Waals surface area contributed by atoms with Gasteiger partial charge in [0.2, 0.25) is 11.7 Å². The first-order valence-corrected chi connectivity index (χ1v) is 9.94. The fourth-order valence-electron chi connectivity index (χ4n) is 3.92. The molecule has 1 saturated heterocycles. The summed E-state index contributed by atoms with van der Waals surface area (Å²) < 4.78 is 5.26. The van der Waals surface area contributed by atoms with Gasteiger partial charge in [-0.3, -0.25) is 0 Å². The molecule has 0 amide bonds. The highest BCUT2D eigenvalue weighted by atomic mass is 16.5. The molecule has 3 heterocycles. The number of hydrogen-bond donors (Lipinski definition) is 0. The lowest BCUT2D eigenvalue weighted by Crippen LogP contribution is -2.47. The second-order valence-electron chi connectivity index (χ2n) is 7.50. The van der Waals surface area contributed by atoms with Crippen molar-refractivity contribution >= 4 is 22.4 Å². The van der Waals surface area contributed by atoms with Crippen LogP contribution in [0.25, 0.3) is 22.3 Å². The number of piperazine rings is 1. The molecule has 0 radical (unpaired) electrons. The topological polar surface area (TPSA) is 58.3 Å². The lowest BCUT2D eigenvalue weighted by Gasteiger charge is -2.37. The standard InChI is InChI=1S/C23H23N5O/c1-16-8-9-21-18(14-16)15-20(22-24-17(2)29-26-22)23(25-21)28-12-10-27(11-13-28)19-6-4-3-5-7-19/h3-9,14-15H,10-13H2,1-2H3. The number of aromatic nitrogens is 3. The predicted molar refractivity (Wildman–Crippen MR) is 115 cm³/mol. The molecular weight excluding hydrogens is 362 g/mol. The summed E-state index contributed by atoms with van der Waals surface area (Å²) >= 11 is 0. The smallest absolute Gasteiger partial charge is 0.223 e. The maximum Gasteiger partial charge on any atom is 0.223 e. The minimum atomic E-state index is 0.559. The summed E-state index contributed by atoms with van der Waals surface area (Å²) in [6.07, 6.45) is 0. The van der Waals surface area contributed by atoms with Gasteiger partial charge in [-0.2, -0.15) is 4.98 Å². The second-order valence-corrected chi connectivity index (χ2v) is 7.50. The molecule has 2 aromatic heterocycles. The van der Waals surface area contributed by atoms with Crippen molar-refractivity contribution in [3.05, 3.63) is 66.1 Å². The molecular formula is C23H23N5O. The monoisotopic (exact) mass is 385 g/mol. The zero-order valence-corrected chi connectivity index (χ0v) is 16.7. The van der Waals surface area contributed by atoms with Crippen LogP contribution in [0.5, 0.6) is 0 Å². The summed E-state index contributed by atoms with van der Waals surface area (Å²) in [4.78, 5) is 14.2. The summed E-state index contributed by atoms with van der Waals surface area (Å²) in [5, 5.41) is 5.26. The lowest BCUT2D eigenvalue weighted by molar-refractivity contribution is 0.394. The quantitative estimate of drug-likeness (QED) is 0.526. The largest absolute Gasteiger partial charge is 0.368 e. The van der Waals surface area contributed by atoms with Gasteiger partial charge in [-0.25, -0.2) is 4.98 Å². The van der Waals surface area contributed by atoms with E-state index in [2.05, 4.69) is 81.5 Å². The molecule has 1 aliphatic rings. The minimum absolute atomic E-state index is 0.559. The number of rotatable bonds is 3. The van der Waals surface area contributed by atoms with Crippen LogP contribution >= 0.6 is 0 Å². The van der Waals surface area contributed by atoms with Crippen molar-refractivity contribution < 1.29 is 4.52 Å². The SMILES string of the molecule is Cc1ccc2nc(N3CCN(c4ccccc4)CC3)c(-c3noc(C)n3)cc2c1. The van der Waals surface area contributed by atoms with E-state index in [-0.39, 0.29) is 0 Å². The first-order chi connectivity index (χ1) is 14.2. The Kier molecular flexibility index (Phi) is 4.39. The maximum atomic E-state index is 5.26. The van der Waals surface area contributed by atoms with Crippen molar-refractivity contribution in [1.29, 1.82) is 0 Å². The van der Waals surface area contributed by atoms with E-state index in [1.165, 1.54) is 11.3 Å². The Morgan fingerprint density at radius 2 is 1.59 bits per heavy atom. The molecule has 0 N–H and O–H groups in total. The van der Waals surface area contributed by atoms with Crippen molar-refractivity contribution in [1.82, 2.24) is 15.1 Å².